The van der Waals surface area contributed by atoms with Crippen LogP contribution in [0.5, 0.6) is 0 Å². The number of hydrogen-bond donors (Lipinski definition) is 1. The Morgan fingerprint density at radius 3 is 1.83 bits per heavy atom. The summed E-state index contributed by atoms with van der Waals surface area (Å²) in [5, 5.41) is 3.43. The van der Waals surface area contributed by atoms with Gasteiger partial charge >= 0.3 is 29.9 Å². The van der Waals surface area contributed by atoms with Crippen molar-refractivity contribution in [1.82, 2.24) is 0 Å². The minimum absolute atomic E-state index is 0.122. The molecule has 3 heterocycles. The van der Waals surface area contributed by atoms with Gasteiger partial charge in [0.2, 0.25) is 0 Å². The maximum atomic E-state index is 14.2. The number of esters is 4. The number of nitrogens with zero attached hydrogens (tertiary/aromatic N) is 1. The molecule has 11 nitrogen and oxygen atoms in total. The smallest absolute Gasteiger partial charge is 0.345 e. The highest BCUT2D eigenvalue weighted by Crippen LogP contribution is 2.71. The van der Waals surface area contributed by atoms with Crippen LogP contribution in [0.25, 0.3) is 5.57 Å². The molecule has 2 aromatic carbocycles. The molecule has 3 aliphatic heterocycles. The van der Waals surface area contributed by atoms with E-state index in [1.54, 1.807) is 49.1 Å². The molecule has 15 heteroatoms. The number of thioether (sulfide) groups is 3. The number of anilines is 2. The van der Waals surface area contributed by atoms with Crippen molar-refractivity contribution in [1.29, 1.82) is 0 Å². The summed E-state index contributed by atoms with van der Waals surface area (Å²) in [4.78, 5) is 69.5. The van der Waals surface area contributed by atoms with Gasteiger partial charge in [0.1, 0.15) is 18.8 Å². The number of halogens is 1. The summed E-state index contributed by atoms with van der Waals surface area (Å²) in [5.74, 6) is -3.41. The van der Waals surface area contributed by atoms with Crippen LogP contribution in [-0.4, -0.2) is 68.0 Å². The van der Waals surface area contributed by atoms with Gasteiger partial charge in [-0.2, -0.15) is 0 Å². The molecule has 0 unspecified atom stereocenters. The van der Waals surface area contributed by atoms with E-state index in [4.69, 9.17) is 30.5 Å². The average molecular weight is 717 g/mol. The summed E-state index contributed by atoms with van der Waals surface area (Å²) in [6.45, 7) is 5.46. The molecule has 1 spiro atoms. The second-order valence-electron chi connectivity index (χ2n) is 10.8. The molecule has 0 bridgehead atoms. The van der Waals surface area contributed by atoms with Crippen molar-refractivity contribution in [3.8, 4) is 0 Å². The summed E-state index contributed by atoms with van der Waals surface area (Å²) >= 11 is 8.76. The van der Waals surface area contributed by atoms with Gasteiger partial charge in [-0.15, -0.1) is 0 Å². The van der Waals surface area contributed by atoms with E-state index in [0.29, 0.717) is 32.4 Å². The highest BCUT2D eigenvalue weighted by molar-refractivity contribution is 8.26. The van der Waals surface area contributed by atoms with Gasteiger partial charge < -0.3 is 24.3 Å². The zero-order valence-corrected chi connectivity index (χ0v) is 29.5. The van der Waals surface area contributed by atoms with Crippen molar-refractivity contribution < 1.29 is 42.9 Å². The van der Waals surface area contributed by atoms with Gasteiger partial charge in [-0.05, 0) is 57.2 Å². The topological polar surface area (TPSA) is 138 Å². The first-order chi connectivity index (χ1) is 22.2. The molecule has 0 aromatic heterocycles. The third-order valence-corrected chi connectivity index (χ3v) is 12.5. The fourth-order valence-corrected chi connectivity index (χ4v) is 10.7. The number of hydrogen-bond acceptors (Lipinski definition) is 12. The van der Waals surface area contributed by atoms with Gasteiger partial charge in [0, 0.05) is 26.8 Å². The molecule has 3 aliphatic rings. The van der Waals surface area contributed by atoms with Crippen LogP contribution >= 0.6 is 46.9 Å². The lowest BCUT2D eigenvalue weighted by atomic mass is 9.83. The first kappa shape index (κ1) is 34.5. The number of ether oxygens (including phenoxy) is 4. The molecule has 0 radical (unpaired) electrons. The predicted molar refractivity (Wildman–Crippen MR) is 183 cm³/mol. The zero-order valence-electron chi connectivity index (χ0n) is 26.3. The second kappa shape index (κ2) is 13.0. The SMILES string of the molecule is COC(=O)C1=C(C(=O)OC)SC2(S1)C(C(=O)OC)=C(C(=O)OC)SC1=C2c2cc(C)ccc2N(C(=O)Nc2ccc(Cl)cc2)C1(C)C. The Morgan fingerprint density at radius 1 is 0.766 bits per heavy atom. The number of benzene rings is 2. The summed E-state index contributed by atoms with van der Waals surface area (Å²) in [5.41, 5.74) is 1.47. The molecule has 0 saturated heterocycles. The van der Waals surface area contributed by atoms with Crippen LogP contribution < -0.4 is 10.2 Å². The number of nitrogens with one attached hydrogen (secondary N) is 1. The van der Waals surface area contributed by atoms with Crippen LogP contribution in [0.4, 0.5) is 16.2 Å². The zero-order chi connectivity index (χ0) is 34.4. The van der Waals surface area contributed by atoms with Crippen LogP contribution in [0.1, 0.15) is 25.0 Å². The Balaban J connectivity index is 1.83. The van der Waals surface area contributed by atoms with E-state index in [-0.39, 0.29) is 20.3 Å². The van der Waals surface area contributed by atoms with Crippen molar-refractivity contribution in [2.45, 2.75) is 30.4 Å². The predicted octanol–water partition coefficient (Wildman–Crippen LogP) is 6.27. The molecule has 0 atom stereocenters. The van der Waals surface area contributed by atoms with Gasteiger partial charge in [-0.1, -0.05) is 58.5 Å². The molecule has 0 fully saturated rings. The molecular weight excluding hydrogens is 688 g/mol. The molecule has 2 amide bonds. The Morgan fingerprint density at radius 2 is 1.30 bits per heavy atom. The molecule has 47 heavy (non-hydrogen) atoms. The van der Waals surface area contributed by atoms with E-state index < -0.39 is 39.5 Å². The largest absolute Gasteiger partial charge is 0.466 e. The van der Waals surface area contributed by atoms with Crippen LogP contribution in [0.2, 0.25) is 5.02 Å². The van der Waals surface area contributed by atoms with Gasteiger partial charge in [0.25, 0.3) is 0 Å². The molecular formula is C32H29ClN2O9S3. The Labute approximate surface area is 288 Å². The monoisotopic (exact) mass is 716 g/mol. The fraction of sp³-hybridized carbons (Fsp3) is 0.281. The normalized spacial score (nSPS) is 17.6. The van der Waals surface area contributed by atoms with E-state index in [9.17, 15) is 24.0 Å². The number of fused-ring (bicyclic) bond motifs is 3. The van der Waals surface area contributed by atoms with E-state index in [2.05, 4.69) is 5.32 Å². The number of amides is 2. The summed E-state index contributed by atoms with van der Waals surface area (Å²) in [6, 6.07) is 11.6. The molecule has 1 N–H and O–H groups in total. The van der Waals surface area contributed by atoms with Crippen LogP contribution in [0.15, 0.2) is 67.7 Å². The number of methoxy groups -OCH3 is 4. The number of rotatable bonds is 5. The van der Waals surface area contributed by atoms with Gasteiger partial charge in [0.05, 0.1) is 45.2 Å². The minimum atomic E-state index is -1.66. The van der Waals surface area contributed by atoms with E-state index in [0.717, 1.165) is 40.8 Å². The van der Waals surface area contributed by atoms with Crippen LogP contribution in [0.3, 0.4) is 0 Å². The molecule has 246 valence electrons. The molecule has 0 saturated carbocycles. The second-order valence-corrected chi connectivity index (χ2v) is 15.0. The van der Waals surface area contributed by atoms with E-state index >= 15 is 0 Å². The van der Waals surface area contributed by atoms with Gasteiger partial charge in [-0.3, -0.25) is 4.90 Å². The van der Waals surface area contributed by atoms with Gasteiger partial charge in [-0.25, -0.2) is 24.0 Å². The van der Waals surface area contributed by atoms with E-state index in [1.807, 2.05) is 19.1 Å². The number of carbonyl (C=O) groups is 5. The summed E-state index contributed by atoms with van der Waals surface area (Å²) in [6.07, 6.45) is 0. The van der Waals surface area contributed by atoms with Crippen molar-refractivity contribution >= 4 is 93.7 Å². The highest BCUT2D eigenvalue weighted by atomic mass is 35.5. The van der Waals surface area contributed by atoms with Crippen molar-refractivity contribution in [3.63, 3.8) is 0 Å². The van der Waals surface area contributed by atoms with E-state index in [1.165, 1.54) is 28.4 Å². The average Bonchev–Trinajstić information content (AvgIpc) is 3.44. The van der Waals surface area contributed by atoms with Gasteiger partial charge in [0.15, 0.2) is 0 Å². The first-order valence-electron chi connectivity index (χ1n) is 13.9. The number of carbonyl (C=O) groups excluding carboxylic acids is 5. The Bertz CT molecular complexity index is 1800. The number of aryl methyl sites for hydroxylation is 1. The highest BCUT2D eigenvalue weighted by Gasteiger charge is 2.61. The Hall–Kier alpha value is -3.85. The lowest BCUT2D eigenvalue weighted by Gasteiger charge is -2.50. The van der Waals surface area contributed by atoms with Crippen molar-refractivity contribution in [2.75, 3.05) is 38.7 Å². The van der Waals surface area contributed by atoms with Crippen molar-refractivity contribution in [3.05, 3.63) is 83.8 Å². The fourth-order valence-electron chi connectivity index (χ4n) is 5.51. The third kappa shape index (κ3) is 5.70. The minimum Gasteiger partial charge on any atom is -0.466 e. The first-order valence-corrected chi connectivity index (χ1v) is 16.7. The summed E-state index contributed by atoms with van der Waals surface area (Å²) < 4.78 is 18.8. The molecule has 2 aromatic rings. The van der Waals surface area contributed by atoms with Crippen LogP contribution in [-0.2, 0) is 38.1 Å². The molecule has 5 rings (SSSR count). The quantitative estimate of drug-likeness (QED) is 0.276. The van der Waals surface area contributed by atoms with Crippen molar-refractivity contribution in [2.24, 2.45) is 0 Å². The maximum Gasteiger partial charge on any atom is 0.345 e. The Kier molecular flexibility index (Phi) is 9.52. The standard InChI is InChI=1S/C32H29ClN2O9S3/c1-15-8-13-19-18(14-15)20-25(31(2,3)35(19)30(40)34-17-11-9-16(33)10-12-17)45-22(27(37)42-5)21(26(36)41-4)32(20)46-23(28(38)43-6)24(47-32)29(39)44-7/h8-14H,1-7H3,(H,34,40). The number of urea groups is 1. The lowest BCUT2D eigenvalue weighted by Crippen LogP contribution is -2.55. The maximum absolute atomic E-state index is 14.2. The third-order valence-electron chi connectivity index (χ3n) is 7.59. The summed E-state index contributed by atoms with van der Waals surface area (Å²) in [7, 11) is 4.67. The lowest BCUT2D eigenvalue weighted by molar-refractivity contribution is -0.138. The van der Waals surface area contributed by atoms with Crippen LogP contribution in [0, 0.1) is 6.92 Å². The molecule has 0 aliphatic carbocycles.